The van der Waals surface area contributed by atoms with Gasteiger partial charge < -0.3 is 14.6 Å². The van der Waals surface area contributed by atoms with Gasteiger partial charge in [0.2, 0.25) is 0 Å². The van der Waals surface area contributed by atoms with E-state index in [1.165, 1.54) is 12.5 Å². The quantitative estimate of drug-likeness (QED) is 0.669. The molecule has 1 saturated heterocycles. The molecule has 1 aliphatic carbocycles. The predicted octanol–water partition coefficient (Wildman–Crippen LogP) is 2.12. The third-order valence-corrected chi connectivity index (χ3v) is 5.51. The Morgan fingerprint density at radius 2 is 2.26 bits per heavy atom. The molecule has 0 saturated carbocycles. The van der Waals surface area contributed by atoms with E-state index in [0.29, 0.717) is 11.8 Å². The van der Waals surface area contributed by atoms with Crippen LogP contribution in [0.3, 0.4) is 0 Å². The van der Waals surface area contributed by atoms with Gasteiger partial charge in [-0.2, -0.15) is 0 Å². The van der Waals surface area contributed by atoms with E-state index < -0.39 is 0 Å². The molecule has 0 amide bonds. The Kier molecular flexibility index (Phi) is 3.17. The van der Waals surface area contributed by atoms with Gasteiger partial charge in [-0.3, -0.25) is 9.69 Å². The van der Waals surface area contributed by atoms with Crippen LogP contribution in [-0.4, -0.2) is 41.8 Å². The van der Waals surface area contributed by atoms with Gasteiger partial charge in [0.05, 0.1) is 7.11 Å². The summed E-state index contributed by atoms with van der Waals surface area (Å²) in [6.45, 7) is 3.29. The van der Waals surface area contributed by atoms with Gasteiger partial charge in [0, 0.05) is 37.9 Å². The third-order valence-electron chi connectivity index (χ3n) is 5.51. The van der Waals surface area contributed by atoms with E-state index in [1.807, 2.05) is 18.2 Å². The van der Waals surface area contributed by atoms with Crippen LogP contribution in [0, 0.1) is 0 Å². The first-order valence-corrected chi connectivity index (χ1v) is 8.04. The number of methoxy groups -OCH3 is 1. The molecule has 122 valence electrons. The van der Waals surface area contributed by atoms with Gasteiger partial charge in [0.25, 0.3) is 0 Å². The molecule has 2 bridgehead atoms. The summed E-state index contributed by atoms with van der Waals surface area (Å²) in [5.41, 5.74) is 2.33. The topological polar surface area (TPSA) is 59.0 Å². The number of rotatable bonds is 2. The smallest absolute Gasteiger partial charge is 0.303 e. The van der Waals surface area contributed by atoms with Gasteiger partial charge >= 0.3 is 5.97 Å². The van der Waals surface area contributed by atoms with E-state index in [-0.39, 0.29) is 23.2 Å². The standard InChI is InChI=1S/C18H21NO4/c1-11(20)23-13-3-4-18-5-6-19(17(18)8-13)10-12-7-15(21)16(22-2)9-14(12)18/h3-4,7,9,13,17,21H,5-6,8,10H2,1-2H3/t13-,17+,18+/m1/s1. The second-order valence-corrected chi connectivity index (χ2v) is 6.70. The summed E-state index contributed by atoms with van der Waals surface area (Å²) < 4.78 is 10.7. The van der Waals surface area contributed by atoms with E-state index in [2.05, 4.69) is 11.0 Å². The molecule has 2 heterocycles. The molecule has 0 radical (unpaired) electrons. The third kappa shape index (κ3) is 2.06. The number of hydrogen-bond acceptors (Lipinski definition) is 5. The number of hydrogen-bond donors (Lipinski definition) is 1. The number of phenolic OH excluding ortho intramolecular Hbond substituents is 1. The average molecular weight is 315 g/mol. The molecule has 4 atom stereocenters. The van der Waals surface area contributed by atoms with Crippen LogP contribution in [0.2, 0.25) is 0 Å². The van der Waals surface area contributed by atoms with E-state index in [0.717, 1.165) is 31.5 Å². The summed E-state index contributed by atoms with van der Waals surface area (Å²) in [6.07, 6.45) is 5.95. The molecule has 1 aromatic rings. The number of benzene rings is 1. The molecule has 2 aliphatic heterocycles. The minimum atomic E-state index is -0.235. The fourth-order valence-electron chi connectivity index (χ4n) is 4.56. The van der Waals surface area contributed by atoms with Crippen molar-refractivity contribution in [2.24, 2.45) is 0 Å². The lowest BCUT2D eigenvalue weighted by Gasteiger charge is -2.45. The number of esters is 1. The zero-order valence-electron chi connectivity index (χ0n) is 13.4. The number of phenols is 1. The Labute approximate surface area is 135 Å². The molecule has 5 heteroatoms. The Bertz CT molecular complexity index is 699. The maximum atomic E-state index is 11.3. The van der Waals surface area contributed by atoms with Crippen molar-refractivity contribution < 1.29 is 19.4 Å². The van der Waals surface area contributed by atoms with Gasteiger partial charge in [0.1, 0.15) is 6.10 Å². The highest BCUT2D eigenvalue weighted by Gasteiger charge is 2.53. The van der Waals surface area contributed by atoms with Crippen molar-refractivity contribution in [3.63, 3.8) is 0 Å². The molecule has 0 aromatic heterocycles. The molecule has 1 aromatic carbocycles. The normalized spacial score (nSPS) is 33.7. The highest BCUT2D eigenvalue weighted by molar-refractivity contribution is 5.66. The molecule has 4 rings (SSSR count). The summed E-state index contributed by atoms with van der Waals surface area (Å²) in [5, 5.41) is 10.1. The second-order valence-electron chi connectivity index (χ2n) is 6.70. The molecular formula is C18H21NO4. The summed E-state index contributed by atoms with van der Waals surface area (Å²) in [5.74, 6) is 0.479. The van der Waals surface area contributed by atoms with E-state index >= 15 is 0 Å². The minimum absolute atomic E-state index is 0.0643. The highest BCUT2D eigenvalue weighted by atomic mass is 16.5. The second kappa shape index (κ2) is 4.99. The van der Waals surface area contributed by atoms with Crippen LogP contribution in [0.15, 0.2) is 24.3 Å². The monoisotopic (exact) mass is 315 g/mol. The highest BCUT2D eigenvalue weighted by Crippen LogP contribution is 2.52. The zero-order chi connectivity index (χ0) is 16.2. The summed E-state index contributed by atoms with van der Waals surface area (Å²) in [7, 11) is 1.58. The van der Waals surface area contributed by atoms with Crippen molar-refractivity contribution in [1.82, 2.24) is 4.90 Å². The molecule has 3 aliphatic rings. The Balaban J connectivity index is 1.79. The van der Waals surface area contributed by atoms with Gasteiger partial charge in [-0.25, -0.2) is 0 Å². The molecule has 0 spiro atoms. The van der Waals surface area contributed by atoms with Crippen LogP contribution < -0.4 is 4.74 Å². The van der Waals surface area contributed by atoms with Gasteiger partial charge in [-0.15, -0.1) is 0 Å². The molecule has 5 nitrogen and oxygen atoms in total. The van der Waals surface area contributed by atoms with Crippen molar-refractivity contribution in [2.45, 2.75) is 43.9 Å². The summed E-state index contributed by atoms with van der Waals surface area (Å²) in [4.78, 5) is 13.7. The van der Waals surface area contributed by atoms with Gasteiger partial charge in [-0.1, -0.05) is 6.08 Å². The van der Waals surface area contributed by atoms with Crippen LogP contribution in [0.1, 0.15) is 30.9 Å². The maximum Gasteiger partial charge on any atom is 0.303 e. The number of aromatic hydroxyl groups is 1. The largest absolute Gasteiger partial charge is 0.504 e. The molecule has 1 unspecified atom stereocenters. The first kappa shape index (κ1) is 14.6. The molecule has 23 heavy (non-hydrogen) atoms. The van der Waals surface area contributed by atoms with Gasteiger partial charge in [0.15, 0.2) is 11.5 Å². The summed E-state index contributed by atoms with van der Waals surface area (Å²) in [6, 6.07) is 4.14. The van der Waals surface area contributed by atoms with Crippen LogP contribution in [0.4, 0.5) is 0 Å². The molecule has 1 N–H and O–H groups in total. The lowest BCUT2D eigenvalue weighted by Crippen LogP contribution is -2.49. The Morgan fingerprint density at radius 3 is 3.00 bits per heavy atom. The number of fused-ring (bicyclic) bond motifs is 1. The Hall–Kier alpha value is -2.01. The van der Waals surface area contributed by atoms with Gasteiger partial charge in [-0.05, 0) is 35.8 Å². The van der Waals surface area contributed by atoms with Crippen LogP contribution >= 0.6 is 0 Å². The number of nitrogens with zero attached hydrogens (tertiary/aromatic N) is 1. The van der Waals surface area contributed by atoms with Crippen LogP contribution in [0.5, 0.6) is 11.5 Å². The first-order valence-electron chi connectivity index (χ1n) is 8.04. The molecular weight excluding hydrogens is 294 g/mol. The predicted molar refractivity (Wildman–Crippen MR) is 84.5 cm³/mol. The van der Waals surface area contributed by atoms with E-state index in [9.17, 15) is 9.90 Å². The maximum absolute atomic E-state index is 11.3. The van der Waals surface area contributed by atoms with E-state index in [4.69, 9.17) is 9.47 Å². The van der Waals surface area contributed by atoms with E-state index in [1.54, 1.807) is 7.11 Å². The number of ether oxygens (including phenoxy) is 2. The van der Waals surface area contributed by atoms with Crippen molar-refractivity contribution >= 4 is 5.97 Å². The zero-order valence-corrected chi connectivity index (χ0v) is 13.4. The summed E-state index contributed by atoms with van der Waals surface area (Å²) >= 11 is 0. The first-order chi connectivity index (χ1) is 11.0. The fourth-order valence-corrected chi connectivity index (χ4v) is 4.56. The van der Waals surface area contributed by atoms with Crippen molar-refractivity contribution in [1.29, 1.82) is 0 Å². The van der Waals surface area contributed by atoms with Crippen molar-refractivity contribution in [3.8, 4) is 11.5 Å². The van der Waals surface area contributed by atoms with Crippen molar-refractivity contribution in [3.05, 3.63) is 35.4 Å². The minimum Gasteiger partial charge on any atom is -0.504 e. The van der Waals surface area contributed by atoms with Crippen LogP contribution in [-0.2, 0) is 21.5 Å². The van der Waals surface area contributed by atoms with Crippen molar-refractivity contribution in [2.75, 3.05) is 13.7 Å². The SMILES string of the molecule is COc1cc2c(cc1O)CN1CC[C@@]23C=C[C@@H](OC(C)=O)C[C@H]13. The fraction of sp³-hybridized carbons (Fsp3) is 0.500. The lowest BCUT2D eigenvalue weighted by molar-refractivity contribution is -0.145. The van der Waals surface area contributed by atoms with Crippen LogP contribution in [0.25, 0.3) is 0 Å². The molecule has 1 fully saturated rings. The number of carbonyl (C=O) groups excluding carboxylic acids is 1. The lowest BCUT2D eigenvalue weighted by atomic mass is 9.66. The Morgan fingerprint density at radius 1 is 1.43 bits per heavy atom. The average Bonchev–Trinajstić information content (AvgIpc) is 2.78. The number of carbonyl (C=O) groups is 1.